The molecule has 2 N–H and O–H groups in total. The van der Waals surface area contributed by atoms with Gasteiger partial charge in [-0.05, 0) is 29.0 Å². The smallest absolute Gasteiger partial charge is 0.241 e. The van der Waals surface area contributed by atoms with Crippen molar-refractivity contribution in [1.29, 1.82) is 0 Å². The number of benzene rings is 1. The summed E-state index contributed by atoms with van der Waals surface area (Å²) in [4.78, 5) is 24.9. The van der Waals surface area contributed by atoms with Crippen molar-refractivity contribution in [2.24, 2.45) is 5.10 Å². The van der Waals surface area contributed by atoms with Crippen LogP contribution in [0.15, 0.2) is 51.1 Å². The van der Waals surface area contributed by atoms with E-state index in [1.54, 1.807) is 17.6 Å². The number of para-hydroxylation sites is 1. The molecule has 1 aromatic heterocycles. The number of rotatable bonds is 4. The summed E-state index contributed by atoms with van der Waals surface area (Å²) in [6, 6.07) is 9.46. The zero-order chi connectivity index (χ0) is 15.4. The van der Waals surface area contributed by atoms with E-state index in [0.717, 1.165) is 16.1 Å². The van der Waals surface area contributed by atoms with E-state index in [0.29, 0.717) is 0 Å². The van der Waals surface area contributed by atoms with Gasteiger partial charge in [0.25, 0.3) is 0 Å². The number of nitrogens with zero attached hydrogens (tertiary/aromatic N) is 1. The van der Waals surface area contributed by atoms with Crippen molar-refractivity contribution in [3.63, 3.8) is 0 Å². The van der Waals surface area contributed by atoms with Crippen LogP contribution in [0, 0.1) is 0 Å². The Morgan fingerprint density at radius 3 is 3.05 bits per heavy atom. The van der Waals surface area contributed by atoms with Crippen molar-refractivity contribution in [2.75, 3.05) is 5.32 Å². The van der Waals surface area contributed by atoms with Crippen LogP contribution in [-0.4, -0.2) is 23.3 Å². The van der Waals surface area contributed by atoms with Gasteiger partial charge in [0.05, 0.1) is 17.2 Å². The molecule has 22 heavy (non-hydrogen) atoms. The fourth-order valence-corrected chi connectivity index (χ4v) is 3.69. The fourth-order valence-electron chi connectivity index (χ4n) is 1.97. The minimum absolute atomic E-state index is 0.0891. The summed E-state index contributed by atoms with van der Waals surface area (Å²) in [5, 5.41) is 10.1. The van der Waals surface area contributed by atoms with Gasteiger partial charge in [0.15, 0.2) is 0 Å². The molecule has 1 unspecified atom stereocenters. The molecule has 0 saturated carbocycles. The largest absolute Gasteiger partial charge is 0.324 e. The lowest BCUT2D eigenvalue weighted by Gasteiger charge is -2.23. The van der Waals surface area contributed by atoms with Crippen molar-refractivity contribution in [3.8, 4) is 0 Å². The first-order valence-electron chi connectivity index (χ1n) is 6.63. The summed E-state index contributed by atoms with van der Waals surface area (Å²) in [5.41, 5.74) is 4.18. The lowest BCUT2D eigenvalue weighted by molar-refractivity contribution is -0.124. The molecule has 2 amide bonds. The third-order valence-electron chi connectivity index (χ3n) is 3.02. The molecular formula is C15H13N3O2S2. The van der Waals surface area contributed by atoms with E-state index < -0.39 is 5.25 Å². The summed E-state index contributed by atoms with van der Waals surface area (Å²) in [7, 11) is 0. The first kappa shape index (κ1) is 14.8. The molecule has 2 aromatic rings. The van der Waals surface area contributed by atoms with Gasteiger partial charge in [-0.1, -0.05) is 12.1 Å². The van der Waals surface area contributed by atoms with Gasteiger partial charge < -0.3 is 5.32 Å². The van der Waals surface area contributed by atoms with E-state index >= 15 is 0 Å². The number of nitrogens with one attached hydrogen (secondary N) is 2. The number of thioether (sulfide) groups is 1. The Bertz CT molecular complexity index is 713. The molecule has 1 aliphatic rings. The second-order valence-corrected chi connectivity index (χ2v) is 6.67. The average molecular weight is 331 g/mol. The standard InChI is InChI=1S/C15H13N3O2S2/c19-14(18-16-8-10-5-6-21-9-10)7-13-15(20)17-11-3-1-2-4-12(11)22-13/h1-6,8-9,13H,7H2,(H,17,20)(H,18,19)/b16-8+. The lowest BCUT2D eigenvalue weighted by Crippen LogP contribution is -2.33. The normalized spacial score (nSPS) is 17.1. The number of thiophene rings is 1. The van der Waals surface area contributed by atoms with Crippen molar-refractivity contribution in [3.05, 3.63) is 46.7 Å². The van der Waals surface area contributed by atoms with Crippen molar-refractivity contribution < 1.29 is 9.59 Å². The van der Waals surface area contributed by atoms with Gasteiger partial charge in [-0.2, -0.15) is 16.4 Å². The highest BCUT2D eigenvalue weighted by molar-refractivity contribution is 8.01. The van der Waals surface area contributed by atoms with E-state index in [4.69, 9.17) is 0 Å². The SMILES string of the molecule is O=C(CC1Sc2ccccc2NC1=O)N/N=C/c1ccsc1. The number of carbonyl (C=O) groups is 2. The van der Waals surface area contributed by atoms with Crippen molar-refractivity contribution in [2.45, 2.75) is 16.6 Å². The van der Waals surface area contributed by atoms with E-state index in [-0.39, 0.29) is 18.2 Å². The molecule has 1 aromatic carbocycles. The number of hydrogen-bond acceptors (Lipinski definition) is 5. The van der Waals surface area contributed by atoms with Crippen LogP contribution in [0.2, 0.25) is 0 Å². The van der Waals surface area contributed by atoms with Crippen LogP contribution in [0.3, 0.4) is 0 Å². The van der Waals surface area contributed by atoms with Crippen molar-refractivity contribution >= 4 is 46.8 Å². The highest BCUT2D eigenvalue weighted by Crippen LogP contribution is 2.36. The van der Waals surface area contributed by atoms with Gasteiger partial charge in [0.1, 0.15) is 0 Å². The highest BCUT2D eigenvalue weighted by Gasteiger charge is 2.28. The maximum Gasteiger partial charge on any atom is 0.241 e. The maximum atomic E-state index is 12.0. The summed E-state index contributed by atoms with van der Waals surface area (Å²) in [6.45, 7) is 0. The Kier molecular flexibility index (Phi) is 4.55. The van der Waals surface area contributed by atoms with E-state index in [1.165, 1.54) is 11.8 Å². The van der Waals surface area contributed by atoms with E-state index in [1.807, 2.05) is 41.1 Å². The molecule has 0 fully saturated rings. The van der Waals surface area contributed by atoms with Crippen molar-refractivity contribution in [1.82, 2.24) is 5.43 Å². The third kappa shape index (κ3) is 3.55. The topological polar surface area (TPSA) is 70.6 Å². The molecule has 0 saturated heterocycles. The molecule has 0 spiro atoms. The lowest BCUT2D eigenvalue weighted by atomic mass is 10.2. The molecule has 112 valence electrons. The van der Waals surface area contributed by atoms with Crippen LogP contribution < -0.4 is 10.7 Å². The van der Waals surface area contributed by atoms with Crippen LogP contribution >= 0.6 is 23.1 Å². The molecule has 5 nitrogen and oxygen atoms in total. The molecule has 0 bridgehead atoms. The van der Waals surface area contributed by atoms with Crippen LogP contribution in [0.1, 0.15) is 12.0 Å². The van der Waals surface area contributed by atoms with E-state index in [2.05, 4.69) is 15.8 Å². The minimum atomic E-state index is -0.439. The Balaban J connectivity index is 1.57. The summed E-state index contributed by atoms with van der Waals surface area (Å²) in [6.07, 6.45) is 1.67. The number of amides is 2. The second-order valence-electron chi connectivity index (χ2n) is 4.65. The molecule has 1 aliphatic heterocycles. The Morgan fingerprint density at radius 1 is 1.36 bits per heavy atom. The predicted octanol–water partition coefficient (Wildman–Crippen LogP) is 2.70. The zero-order valence-corrected chi connectivity index (χ0v) is 13.1. The molecular weight excluding hydrogens is 318 g/mol. The highest BCUT2D eigenvalue weighted by atomic mass is 32.2. The Morgan fingerprint density at radius 2 is 2.23 bits per heavy atom. The molecule has 2 heterocycles. The molecule has 7 heteroatoms. The first-order chi connectivity index (χ1) is 10.7. The molecule has 3 rings (SSSR count). The number of carbonyl (C=O) groups excluding carboxylic acids is 2. The first-order valence-corrected chi connectivity index (χ1v) is 8.45. The quantitative estimate of drug-likeness (QED) is 0.668. The fraction of sp³-hybridized carbons (Fsp3) is 0.133. The van der Waals surface area contributed by atoms with Gasteiger partial charge in [0, 0.05) is 16.9 Å². The molecule has 0 radical (unpaired) electrons. The Labute approximate surface area is 135 Å². The number of hydrogen-bond donors (Lipinski definition) is 2. The van der Waals surface area contributed by atoms with Gasteiger partial charge in [0.2, 0.25) is 11.8 Å². The monoisotopic (exact) mass is 331 g/mol. The van der Waals surface area contributed by atoms with E-state index in [9.17, 15) is 9.59 Å². The Hall–Kier alpha value is -2.12. The van der Waals surface area contributed by atoms with Crippen LogP contribution in [0.25, 0.3) is 0 Å². The van der Waals surface area contributed by atoms with Gasteiger partial charge in [-0.3, -0.25) is 9.59 Å². The molecule has 0 aliphatic carbocycles. The summed E-state index contributed by atoms with van der Waals surface area (Å²) >= 11 is 2.96. The van der Waals surface area contributed by atoms with Crippen LogP contribution in [-0.2, 0) is 9.59 Å². The second kappa shape index (κ2) is 6.76. The maximum absolute atomic E-state index is 12.0. The number of anilines is 1. The van der Waals surface area contributed by atoms with Gasteiger partial charge >= 0.3 is 0 Å². The summed E-state index contributed by atoms with van der Waals surface area (Å²) < 4.78 is 0. The third-order valence-corrected chi connectivity index (χ3v) is 5.00. The average Bonchev–Trinajstić information content (AvgIpc) is 3.01. The predicted molar refractivity (Wildman–Crippen MR) is 89.4 cm³/mol. The van der Waals surface area contributed by atoms with Crippen LogP contribution in [0.5, 0.6) is 0 Å². The zero-order valence-electron chi connectivity index (χ0n) is 11.5. The van der Waals surface area contributed by atoms with Gasteiger partial charge in [-0.25, -0.2) is 5.43 Å². The van der Waals surface area contributed by atoms with Gasteiger partial charge in [-0.15, -0.1) is 11.8 Å². The number of hydrazone groups is 1. The minimum Gasteiger partial charge on any atom is -0.324 e. The number of fused-ring (bicyclic) bond motifs is 1. The van der Waals surface area contributed by atoms with Crippen LogP contribution in [0.4, 0.5) is 5.69 Å². The molecule has 1 atom stereocenters. The summed E-state index contributed by atoms with van der Waals surface area (Å²) in [5.74, 6) is -0.431.